The molecule has 0 saturated carbocycles. The van der Waals surface area contributed by atoms with Gasteiger partial charge in [-0.3, -0.25) is 14.9 Å². The Morgan fingerprint density at radius 3 is 2.48 bits per heavy atom. The average molecular weight is 317 g/mol. The number of hydrogen-bond acceptors (Lipinski definition) is 5. The predicted octanol–water partition coefficient (Wildman–Crippen LogP) is -1.62. The monoisotopic (exact) mass is 316 g/mol. The molecule has 7 nitrogen and oxygen atoms in total. The average Bonchev–Trinajstić information content (AvgIpc) is 2.43. The van der Waals surface area contributed by atoms with Crippen LogP contribution < -0.4 is 17.7 Å². The molecule has 0 saturated heterocycles. The van der Waals surface area contributed by atoms with Gasteiger partial charge >= 0.3 is 0 Å². The fourth-order valence-electron chi connectivity index (χ4n) is 1.79. The van der Waals surface area contributed by atoms with Gasteiger partial charge in [0.25, 0.3) is 11.6 Å². The first kappa shape index (κ1) is 19.1. The number of carbonyl (C=O) groups is 1. The van der Waals surface area contributed by atoms with Gasteiger partial charge in [0.05, 0.1) is 16.6 Å². The van der Waals surface area contributed by atoms with Gasteiger partial charge in [0.15, 0.2) is 0 Å². The first-order chi connectivity index (χ1) is 9.49. The van der Waals surface area contributed by atoms with E-state index in [0.29, 0.717) is 13.1 Å². The van der Waals surface area contributed by atoms with Crippen LogP contribution in [0.25, 0.3) is 0 Å². The summed E-state index contributed by atoms with van der Waals surface area (Å²) in [6.45, 7) is 7.04. The van der Waals surface area contributed by atoms with Crippen molar-refractivity contribution < 1.29 is 27.2 Å². The normalized spacial score (nSPS) is 10.0. The second-order valence-corrected chi connectivity index (χ2v) is 4.24. The predicted molar refractivity (Wildman–Crippen MR) is 74.9 cm³/mol. The third kappa shape index (κ3) is 5.57. The minimum Gasteiger partial charge on any atom is -1.00 e. The zero-order valence-corrected chi connectivity index (χ0v) is 12.8. The lowest BCUT2D eigenvalue weighted by Gasteiger charge is -2.18. The van der Waals surface area contributed by atoms with Crippen LogP contribution in [0.15, 0.2) is 18.2 Å². The van der Waals surface area contributed by atoms with E-state index in [1.165, 1.54) is 12.1 Å². The molecular formula is C13H19ClN3O4-. The molecule has 0 heterocycles. The molecule has 0 radical (unpaired) electrons. The topological polar surface area (TPSA) is 95.7 Å². The molecule has 1 amide bonds. The van der Waals surface area contributed by atoms with E-state index in [1.54, 1.807) is 0 Å². The van der Waals surface area contributed by atoms with Gasteiger partial charge in [-0.15, -0.1) is 0 Å². The van der Waals surface area contributed by atoms with Crippen molar-refractivity contribution >= 4 is 11.6 Å². The Bertz CT molecular complexity index is 492. The van der Waals surface area contributed by atoms with Crippen molar-refractivity contribution in [3.8, 4) is 5.75 Å². The zero-order valence-electron chi connectivity index (χ0n) is 12.0. The summed E-state index contributed by atoms with van der Waals surface area (Å²) in [4.78, 5) is 23.9. The second-order valence-electron chi connectivity index (χ2n) is 4.24. The Hall–Kier alpha value is -1.86. The van der Waals surface area contributed by atoms with E-state index >= 15 is 0 Å². The van der Waals surface area contributed by atoms with Crippen LogP contribution in [0, 0.1) is 10.1 Å². The number of nitrogens with zero attached hydrogens (tertiary/aromatic N) is 2. The van der Waals surface area contributed by atoms with Crippen molar-refractivity contribution in [1.29, 1.82) is 0 Å². The Balaban J connectivity index is 0.00000400. The number of aromatic hydroxyl groups is 1. The van der Waals surface area contributed by atoms with E-state index in [4.69, 9.17) is 0 Å². The summed E-state index contributed by atoms with van der Waals surface area (Å²) >= 11 is 0. The number of nitro benzene ring substituents is 1. The number of nitrogens with one attached hydrogen (secondary N) is 1. The van der Waals surface area contributed by atoms with Crippen molar-refractivity contribution in [1.82, 2.24) is 10.2 Å². The molecule has 0 aromatic heterocycles. The van der Waals surface area contributed by atoms with Crippen LogP contribution >= 0.6 is 0 Å². The molecule has 0 atom stereocenters. The van der Waals surface area contributed by atoms with Gasteiger partial charge in [0.1, 0.15) is 5.75 Å². The molecule has 1 rings (SSSR count). The Labute approximate surface area is 129 Å². The van der Waals surface area contributed by atoms with Gasteiger partial charge in [-0.05, 0) is 19.2 Å². The van der Waals surface area contributed by atoms with Gasteiger partial charge in [0, 0.05) is 19.2 Å². The fraction of sp³-hybridized carbons (Fsp3) is 0.462. The van der Waals surface area contributed by atoms with Crippen LogP contribution in [0.2, 0.25) is 0 Å². The van der Waals surface area contributed by atoms with Crippen LogP contribution in [0.1, 0.15) is 24.2 Å². The third-order valence-electron chi connectivity index (χ3n) is 3.04. The molecule has 8 heteroatoms. The highest BCUT2D eigenvalue weighted by molar-refractivity contribution is 5.97. The number of halogens is 1. The van der Waals surface area contributed by atoms with Crippen LogP contribution in [-0.4, -0.2) is 47.0 Å². The second kappa shape index (κ2) is 9.15. The molecule has 0 aliphatic carbocycles. The maximum absolute atomic E-state index is 11.8. The van der Waals surface area contributed by atoms with Crippen molar-refractivity contribution in [2.45, 2.75) is 13.8 Å². The van der Waals surface area contributed by atoms with E-state index in [9.17, 15) is 20.0 Å². The molecule has 0 aliphatic heterocycles. The van der Waals surface area contributed by atoms with Gasteiger partial charge in [0.2, 0.25) is 0 Å². The van der Waals surface area contributed by atoms with Gasteiger partial charge in [-0.25, -0.2) is 0 Å². The van der Waals surface area contributed by atoms with Crippen LogP contribution in [0.4, 0.5) is 5.69 Å². The highest BCUT2D eigenvalue weighted by Gasteiger charge is 2.15. The molecule has 0 bridgehead atoms. The van der Waals surface area contributed by atoms with E-state index < -0.39 is 10.8 Å². The van der Waals surface area contributed by atoms with Gasteiger partial charge in [-0.1, -0.05) is 13.8 Å². The highest BCUT2D eigenvalue weighted by atomic mass is 35.5. The summed E-state index contributed by atoms with van der Waals surface area (Å²) in [6, 6.07) is 3.42. The number of phenolic OH excluding ortho intramolecular Hbond substituents is 1. The van der Waals surface area contributed by atoms with E-state index in [2.05, 4.69) is 10.2 Å². The molecule has 0 unspecified atom stereocenters. The lowest BCUT2D eigenvalue weighted by Crippen LogP contribution is -3.00. The molecule has 1 aromatic rings. The SMILES string of the molecule is CCN(CC)CCNC(=O)c1ccc([N+](=O)[O-])cc1O.[Cl-]. The number of non-ortho nitro benzene ring substituents is 1. The lowest BCUT2D eigenvalue weighted by molar-refractivity contribution is -0.384. The highest BCUT2D eigenvalue weighted by Crippen LogP contribution is 2.23. The van der Waals surface area contributed by atoms with E-state index in [0.717, 1.165) is 19.2 Å². The molecule has 118 valence electrons. The number of likely N-dealkylation sites (N-methyl/N-ethyl adjacent to an activating group) is 1. The van der Waals surface area contributed by atoms with E-state index in [-0.39, 0.29) is 29.4 Å². The van der Waals surface area contributed by atoms with Gasteiger partial charge < -0.3 is 27.7 Å². The van der Waals surface area contributed by atoms with Crippen LogP contribution in [0.3, 0.4) is 0 Å². The Kier molecular flexibility index (Phi) is 8.34. The summed E-state index contributed by atoms with van der Waals surface area (Å²) in [5.74, 6) is -0.830. The minimum absolute atomic E-state index is 0. The van der Waals surface area contributed by atoms with Crippen molar-refractivity contribution in [2.24, 2.45) is 0 Å². The summed E-state index contributed by atoms with van der Waals surface area (Å²) in [5, 5.41) is 22.8. The fourth-order valence-corrected chi connectivity index (χ4v) is 1.79. The first-order valence-corrected chi connectivity index (χ1v) is 6.47. The number of rotatable bonds is 7. The van der Waals surface area contributed by atoms with Crippen molar-refractivity contribution in [2.75, 3.05) is 26.2 Å². The lowest BCUT2D eigenvalue weighted by atomic mass is 10.1. The number of hydrogen-bond donors (Lipinski definition) is 2. The number of amides is 1. The zero-order chi connectivity index (χ0) is 15.1. The number of carbonyl (C=O) groups excluding carboxylic acids is 1. The van der Waals surface area contributed by atoms with Crippen molar-refractivity contribution in [3.63, 3.8) is 0 Å². The largest absolute Gasteiger partial charge is 1.00 e. The number of phenols is 1. The smallest absolute Gasteiger partial charge is 0.273 e. The van der Waals surface area contributed by atoms with Crippen LogP contribution in [0.5, 0.6) is 5.75 Å². The summed E-state index contributed by atoms with van der Waals surface area (Å²) in [6.07, 6.45) is 0. The summed E-state index contributed by atoms with van der Waals surface area (Å²) in [5.41, 5.74) is -0.211. The maximum Gasteiger partial charge on any atom is 0.273 e. The molecule has 2 N–H and O–H groups in total. The summed E-state index contributed by atoms with van der Waals surface area (Å²) in [7, 11) is 0. The minimum atomic E-state index is -0.623. The molecule has 21 heavy (non-hydrogen) atoms. The Morgan fingerprint density at radius 1 is 1.38 bits per heavy atom. The first-order valence-electron chi connectivity index (χ1n) is 6.47. The Morgan fingerprint density at radius 2 is 2.00 bits per heavy atom. The van der Waals surface area contributed by atoms with E-state index in [1.807, 2.05) is 13.8 Å². The van der Waals surface area contributed by atoms with Gasteiger partial charge in [-0.2, -0.15) is 0 Å². The number of nitro groups is 1. The molecular weight excluding hydrogens is 298 g/mol. The van der Waals surface area contributed by atoms with Crippen molar-refractivity contribution in [3.05, 3.63) is 33.9 Å². The molecule has 1 aromatic carbocycles. The standard InChI is InChI=1S/C13H19N3O4.ClH/c1-3-15(4-2)8-7-14-13(18)11-6-5-10(16(19)20)9-12(11)17;/h5-6,9,17H,3-4,7-8H2,1-2H3,(H,14,18);1H/p-1. The molecule has 0 fully saturated rings. The quantitative estimate of drug-likeness (QED) is 0.465. The number of benzene rings is 1. The maximum atomic E-state index is 11.8. The summed E-state index contributed by atoms with van der Waals surface area (Å²) < 4.78 is 0. The van der Waals surface area contributed by atoms with Crippen LogP contribution in [-0.2, 0) is 0 Å². The molecule has 0 spiro atoms. The molecule has 0 aliphatic rings. The third-order valence-corrected chi connectivity index (χ3v) is 3.04.